The van der Waals surface area contributed by atoms with Crippen molar-refractivity contribution in [2.75, 3.05) is 0 Å². The summed E-state index contributed by atoms with van der Waals surface area (Å²) in [6.07, 6.45) is 0.0610. The van der Waals surface area contributed by atoms with Crippen LogP contribution in [0.2, 0.25) is 10.0 Å². The highest BCUT2D eigenvalue weighted by Crippen LogP contribution is 2.24. The van der Waals surface area contributed by atoms with Gasteiger partial charge in [0, 0.05) is 10.4 Å². The molecule has 29 heavy (non-hydrogen) atoms. The van der Waals surface area contributed by atoms with Crippen LogP contribution in [-0.2, 0) is 23.2 Å². The van der Waals surface area contributed by atoms with Gasteiger partial charge in [-0.15, -0.1) is 0 Å². The highest BCUT2D eigenvalue weighted by atomic mass is 35.5. The maximum absolute atomic E-state index is 13.6. The average molecular weight is 434 g/mol. The number of hydrogen-bond donors (Lipinski definition) is 1. The summed E-state index contributed by atoms with van der Waals surface area (Å²) in [5, 5.41) is 8.24. The molecule has 0 aliphatic rings. The number of aromatic nitrogens is 2. The Morgan fingerprint density at radius 2 is 1.90 bits per heavy atom. The van der Waals surface area contributed by atoms with E-state index in [0.29, 0.717) is 10.6 Å². The number of carbonyl (C=O) groups is 1. The Labute approximate surface area is 179 Å². The zero-order chi connectivity index (χ0) is 21.2. The smallest absolute Gasteiger partial charge is 0.224 e. The molecule has 3 aromatic rings. The fourth-order valence-electron chi connectivity index (χ4n) is 2.83. The Morgan fingerprint density at radius 1 is 1.14 bits per heavy atom. The third-order valence-electron chi connectivity index (χ3n) is 4.42. The van der Waals surface area contributed by atoms with Gasteiger partial charge >= 0.3 is 0 Å². The first-order chi connectivity index (χ1) is 13.6. The molecular weight excluding hydrogens is 412 g/mol. The minimum absolute atomic E-state index is 0.0364. The quantitative estimate of drug-likeness (QED) is 0.579. The summed E-state index contributed by atoms with van der Waals surface area (Å²) in [5.41, 5.74) is 2.96. The molecule has 0 radical (unpaired) electrons. The lowest BCUT2D eigenvalue weighted by Gasteiger charge is -2.14. The molecule has 7 heteroatoms. The van der Waals surface area contributed by atoms with Crippen molar-refractivity contribution >= 4 is 29.1 Å². The Bertz CT molecular complexity index is 1040. The van der Waals surface area contributed by atoms with Crippen LogP contribution in [0.5, 0.6) is 0 Å². The van der Waals surface area contributed by atoms with E-state index in [9.17, 15) is 9.18 Å². The van der Waals surface area contributed by atoms with E-state index in [2.05, 4.69) is 26.1 Å². The van der Waals surface area contributed by atoms with Gasteiger partial charge in [-0.2, -0.15) is 5.10 Å². The van der Waals surface area contributed by atoms with Gasteiger partial charge < -0.3 is 5.32 Å². The largest absolute Gasteiger partial charge is 0.350 e. The molecule has 0 fully saturated rings. The number of nitrogens with one attached hydrogen (secondary N) is 1. The van der Waals surface area contributed by atoms with Crippen molar-refractivity contribution in [2.45, 2.75) is 39.2 Å². The standard InChI is InChI=1S/C22H22Cl2FN3O/c1-22(2,3)20-12-17(28(27-20)16-6-4-5-15(23)11-16)13-26-21(29)10-14-7-8-18(24)19(25)9-14/h4-9,11-12H,10,13H2,1-3H3,(H,26,29). The van der Waals surface area contributed by atoms with Crippen molar-refractivity contribution in [3.8, 4) is 5.69 Å². The second kappa shape index (κ2) is 8.56. The molecule has 3 rings (SSSR count). The molecule has 1 heterocycles. The first kappa shape index (κ1) is 21.3. The molecule has 0 aliphatic heterocycles. The lowest BCUT2D eigenvalue weighted by molar-refractivity contribution is -0.120. The van der Waals surface area contributed by atoms with Crippen LogP contribution in [0.1, 0.15) is 37.7 Å². The Morgan fingerprint density at radius 3 is 2.55 bits per heavy atom. The van der Waals surface area contributed by atoms with E-state index in [1.54, 1.807) is 16.8 Å². The topological polar surface area (TPSA) is 46.9 Å². The van der Waals surface area contributed by atoms with Gasteiger partial charge in [0.15, 0.2) is 0 Å². The van der Waals surface area contributed by atoms with Gasteiger partial charge in [-0.05, 0) is 42.0 Å². The van der Waals surface area contributed by atoms with E-state index in [1.807, 2.05) is 24.3 Å². The molecule has 2 aromatic carbocycles. The van der Waals surface area contributed by atoms with Gasteiger partial charge in [0.2, 0.25) is 5.91 Å². The molecule has 152 valence electrons. The van der Waals surface area contributed by atoms with E-state index in [-0.39, 0.29) is 29.3 Å². The van der Waals surface area contributed by atoms with Gasteiger partial charge in [-0.3, -0.25) is 4.79 Å². The lowest BCUT2D eigenvalue weighted by Crippen LogP contribution is -2.25. The van der Waals surface area contributed by atoms with Crippen LogP contribution in [-0.4, -0.2) is 15.7 Å². The highest BCUT2D eigenvalue weighted by molar-refractivity contribution is 6.31. The second-order valence-corrected chi connectivity index (χ2v) is 8.71. The SMILES string of the molecule is CC(C)(C)c1cc(CNC(=O)Cc2ccc(Cl)c(F)c2)n(-c2cccc(Cl)c2)n1. The highest BCUT2D eigenvalue weighted by Gasteiger charge is 2.21. The van der Waals surface area contributed by atoms with Crippen molar-refractivity contribution in [3.63, 3.8) is 0 Å². The zero-order valence-electron chi connectivity index (χ0n) is 16.5. The van der Waals surface area contributed by atoms with Crippen molar-refractivity contribution in [2.24, 2.45) is 0 Å². The second-order valence-electron chi connectivity index (χ2n) is 7.86. The summed E-state index contributed by atoms with van der Waals surface area (Å²) in [7, 11) is 0. The van der Waals surface area contributed by atoms with Gasteiger partial charge in [0.25, 0.3) is 0 Å². The van der Waals surface area contributed by atoms with Crippen LogP contribution >= 0.6 is 23.2 Å². The summed E-state index contributed by atoms with van der Waals surface area (Å²) in [5.74, 6) is -0.756. The molecule has 1 amide bonds. The number of halogens is 3. The van der Waals surface area contributed by atoms with E-state index >= 15 is 0 Å². The third kappa shape index (κ3) is 5.37. The minimum atomic E-state index is -0.536. The summed E-state index contributed by atoms with van der Waals surface area (Å²) >= 11 is 11.8. The lowest BCUT2D eigenvalue weighted by atomic mass is 9.92. The van der Waals surface area contributed by atoms with E-state index in [1.165, 1.54) is 12.1 Å². The van der Waals surface area contributed by atoms with Gasteiger partial charge in [-0.25, -0.2) is 9.07 Å². The van der Waals surface area contributed by atoms with Gasteiger partial charge in [0.05, 0.1) is 35.1 Å². The van der Waals surface area contributed by atoms with Crippen LogP contribution in [0.15, 0.2) is 48.5 Å². The zero-order valence-corrected chi connectivity index (χ0v) is 18.0. The molecular formula is C22H22Cl2FN3O. The van der Waals surface area contributed by atoms with Gasteiger partial charge in [-0.1, -0.05) is 56.1 Å². The fourth-order valence-corrected chi connectivity index (χ4v) is 3.13. The monoisotopic (exact) mass is 433 g/mol. The minimum Gasteiger partial charge on any atom is -0.350 e. The summed E-state index contributed by atoms with van der Waals surface area (Å²) in [4.78, 5) is 12.4. The fraction of sp³-hybridized carbons (Fsp3) is 0.273. The molecule has 0 saturated carbocycles. The number of benzene rings is 2. The molecule has 0 atom stereocenters. The summed E-state index contributed by atoms with van der Waals surface area (Å²) in [6, 6.07) is 13.7. The van der Waals surface area contributed by atoms with E-state index < -0.39 is 5.82 Å². The Balaban J connectivity index is 1.79. The molecule has 0 spiro atoms. The van der Waals surface area contributed by atoms with Crippen molar-refractivity contribution in [1.29, 1.82) is 0 Å². The molecule has 4 nitrogen and oxygen atoms in total. The Kier molecular flexibility index (Phi) is 6.30. The molecule has 0 aliphatic carbocycles. The van der Waals surface area contributed by atoms with Crippen LogP contribution in [0, 0.1) is 5.82 Å². The van der Waals surface area contributed by atoms with E-state index in [0.717, 1.165) is 17.1 Å². The maximum Gasteiger partial charge on any atom is 0.224 e. The molecule has 0 bridgehead atoms. The van der Waals surface area contributed by atoms with Crippen molar-refractivity contribution in [3.05, 3.63) is 81.3 Å². The number of rotatable bonds is 5. The third-order valence-corrected chi connectivity index (χ3v) is 4.96. The Hall–Kier alpha value is -2.37. The van der Waals surface area contributed by atoms with E-state index in [4.69, 9.17) is 28.3 Å². The number of amides is 1. The first-order valence-electron chi connectivity index (χ1n) is 9.19. The molecule has 1 aromatic heterocycles. The number of carbonyl (C=O) groups excluding carboxylic acids is 1. The van der Waals surface area contributed by atoms with Crippen LogP contribution in [0.25, 0.3) is 5.69 Å². The summed E-state index contributed by atoms with van der Waals surface area (Å²) < 4.78 is 15.4. The molecule has 1 N–H and O–H groups in total. The van der Waals surface area contributed by atoms with Crippen LogP contribution in [0.4, 0.5) is 4.39 Å². The predicted octanol–water partition coefficient (Wildman–Crippen LogP) is 5.47. The van der Waals surface area contributed by atoms with Crippen LogP contribution < -0.4 is 5.32 Å². The van der Waals surface area contributed by atoms with Crippen molar-refractivity contribution in [1.82, 2.24) is 15.1 Å². The molecule has 0 saturated heterocycles. The van der Waals surface area contributed by atoms with Gasteiger partial charge in [0.1, 0.15) is 5.82 Å². The molecule has 0 unspecified atom stereocenters. The average Bonchev–Trinajstić information content (AvgIpc) is 3.08. The normalized spacial score (nSPS) is 11.5. The van der Waals surface area contributed by atoms with Crippen molar-refractivity contribution < 1.29 is 9.18 Å². The summed E-state index contributed by atoms with van der Waals surface area (Å²) in [6.45, 7) is 6.52. The maximum atomic E-state index is 13.6. The predicted molar refractivity (Wildman–Crippen MR) is 114 cm³/mol. The number of nitrogens with zero attached hydrogens (tertiary/aromatic N) is 2. The van der Waals surface area contributed by atoms with Crippen LogP contribution in [0.3, 0.4) is 0 Å². The number of hydrogen-bond acceptors (Lipinski definition) is 2. The first-order valence-corrected chi connectivity index (χ1v) is 9.95.